The van der Waals surface area contributed by atoms with E-state index in [9.17, 15) is 9.59 Å². The van der Waals surface area contributed by atoms with E-state index in [1.807, 2.05) is 0 Å². The van der Waals surface area contributed by atoms with Crippen molar-refractivity contribution in [1.29, 1.82) is 0 Å². The van der Waals surface area contributed by atoms with Gasteiger partial charge in [-0.2, -0.15) is 0 Å². The number of carboxylic acid groups (broad SMARTS) is 1. The zero-order valence-electron chi connectivity index (χ0n) is 9.89. The number of carbonyl (C=O) groups excluding carboxylic acids is 1. The van der Waals surface area contributed by atoms with Crippen LogP contribution in [0.4, 0.5) is 0 Å². The topological polar surface area (TPSA) is 95.9 Å². The van der Waals surface area contributed by atoms with Gasteiger partial charge in [0.25, 0.3) is 0 Å². The van der Waals surface area contributed by atoms with Crippen LogP contribution in [0, 0.1) is 11.8 Å². The van der Waals surface area contributed by atoms with Crippen LogP contribution < -0.4 is 5.32 Å². The number of aliphatic hydroxyl groups excluding tert-OH is 1. The summed E-state index contributed by atoms with van der Waals surface area (Å²) in [5.74, 6) is -1.71. The number of aliphatic hydroxyl groups is 1. The summed E-state index contributed by atoms with van der Waals surface area (Å²) in [4.78, 5) is 22.5. The quantitative estimate of drug-likeness (QED) is 0.592. The number of hydrogen-bond donors (Lipinski definition) is 3. The van der Waals surface area contributed by atoms with Gasteiger partial charge in [-0.1, -0.05) is 0 Å². The molecule has 0 heterocycles. The van der Waals surface area contributed by atoms with Crippen LogP contribution >= 0.6 is 0 Å². The molecule has 1 fully saturated rings. The molecule has 1 saturated carbocycles. The second kappa shape index (κ2) is 6.56. The molecule has 0 aromatic carbocycles. The second-order valence-corrected chi connectivity index (χ2v) is 4.39. The van der Waals surface area contributed by atoms with E-state index < -0.39 is 17.9 Å². The number of aliphatic carboxylic acids is 1. The first kappa shape index (κ1) is 13.9. The average Bonchev–Trinajstić information content (AvgIpc) is 2.77. The van der Waals surface area contributed by atoms with Crippen LogP contribution in [0.15, 0.2) is 0 Å². The summed E-state index contributed by atoms with van der Waals surface area (Å²) in [6.07, 6.45) is 1.52. The molecule has 0 saturated heterocycles. The van der Waals surface area contributed by atoms with E-state index in [1.54, 1.807) is 0 Å². The third kappa shape index (κ3) is 3.98. The van der Waals surface area contributed by atoms with Crippen molar-refractivity contribution in [3.8, 4) is 0 Å². The lowest BCUT2D eigenvalue weighted by molar-refractivity contribution is -0.141. The van der Waals surface area contributed by atoms with Gasteiger partial charge in [0.05, 0.1) is 25.2 Å². The standard InChI is InChI=1S/C11H19NO5/c1-17-6-9(5-13)12-10(14)7-2-3-8(4-7)11(15)16/h7-9,13H,2-6H2,1H3,(H,12,14)(H,15,16). The molecule has 1 aliphatic rings. The van der Waals surface area contributed by atoms with Crippen molar-refractivity contribution in [1.82, 2.24) is 5.32 Å². The van der Waals surface area contributed by atoms with E-state index >= 15 is 0 Å². The number of ether oxygens (including phenoxy) is 1. The fourth-order valence-corrected chi connectivity index (χ4v) is 2.10. The van der Waals surface area contributed by atoms with Gasteiger partial charge in [-0.3, -0.25) is 9.59 Å². The average molecular weight is 245 g/mol. The molecule has 17 heavy (non-hydrogen) atoms. The SMILES string of the molecule is COCC(CO)NC(=O)C1CCC(C(=O)O)C1. The zero-order valence-corrected chi connectivity index (χ0v) is 9.89. The molecule has 1 rings (SSSR count). The molecular weight excluding hydrogens is 226 g/mol. The van der Waals surface area contributed by atoms with Gasteiger partial charge in [-0.05, 0) is 19.3 Å². The number of amides is 1. The Hall–Kier alpha value is -1.14. The summed E-state index contributed by atoms with van der Waals surface area (Å²) in [5, 5.41) is 20.5. The van der Waals surface area contributed by atoms with Crippen LogP contribution in [-0.2, 0) is 14.3 Å². The van der Waals surface area contributed by atoms with Gasteiger partial charge < -0.3 is 20.3 Å². The van der Waals surface area contributed by atoms with Crippen LogP contribution in [0.1, 0.15) is 19.3 Å². The molecule has 3 atom stereocenters. The highest BCUT2D eigenvalue weighted by Crippen LogP contribution is 2.31. The summed E-state index contributed by atoms with van der Waals surface area (Å²) in [6.45, 7) is 0.0615. The molecule has 0 bridgehead atoms. The Bertz CT molecular complexity index is 281. The first-order valence-electron chi connectivity index (χ1n) is 5.71. The normalized spacial score (nSPS) is 25.5. The molecule has 0 spiro atoms. The smallest absolute Gasteiger partial charge is 0.306 e. The minimum Gasteiger partial charge on any atom is -0.481 e. The monoisotopic (exact) mass is 245 g/mol. The Balaban J connectivity index is 2.41. The van der Waals surface area contributed by atoms with E-state index in [0.29, 0.717) is 19.3 Å². The van der Waals surface area contributed by atoms with E-state index in [4.69, 9.17) is 14.9 Å². The molecule has 0 aliphatic heterocycles. The molecule has 6 nitrogen and oxygen atoms in total. The Labute approximate surface area is 100.0 Å². The van der Waals surface area contributed by atoms with Gasteiger partial charge in [0.2, 0.25) is 5.91 Å². The van der Waals surface area contributed by atoms with E-state index in [-0.39, 0.29) is 25.0 Å². The number of carbonyl (C=O) groups is 2. The first-order valence-corrected chi connectivity index (χ1v) is 5.71. The molecule has 0 aromatic heterocycles. The van der Waals surface area contributed by atoms with Crippen molar-refractivity contribution >= 4 is 11.9 Å². The van der Waals surface area contributed by atoms with Gasteiger partial charge in [0, 0.05) is 13.0 Å². The van der Waals surface area contributed by atoms with Gasteiger partial charge in [0.15, 0.2) is 0 Å². The predicted octanol–water partition coefficient (Wildman–Crippen LogP) is -0.389. The Kier molecular flexibility index (Phi) is 5.37. The van der Waals surface area contributed by atoms with Crippen molar-refractivity contribution in [3.63, 3.8) is 0 Å². The Morgan fingerprint density at radius 1 is 1.41 bits per heavy atom. The van der Waals surface area contributed by atoms with Crippen LogP contribution in [-0.4, -0.2) is 48.5 Å². The zero-order chi connectivity index (χ0) is 12.8. The fraction of sp³-hybridized carbons (Fsp3) is 0.818. The summed E-state index contributed by atoms with van der Waals surface area (Å²) in [7, 11) is 1.49. The molecule has 6 heteroatoms. The van der Waals surface area contributed by atoms with Crippen molar-refractivity contribution in [3.05, 3.63) is 0 Å². The molecule has 1 aliphatic carbocycles. The number of rotatable bonds is 6. The molecule has 1 amide bonds. The van der Waals surface area contributed by atoms with Crippen molar-refractivity contribution in [2.45, 2.75) is 25.3 Å². The van der Waals surface area contributed by atoms with Gasteiger partial charge >= 0.3 is 5.97 Å². The minimum absolute atomic E-state index is 0.186. The van der Waals surface area contributed by atoms with E-state index in [2.05, 4.69) is 5.32 Å². The maximum absolute atomic E-state index is 11.8. The molecule has 98 valence electrons. The van der Waals surface area contributed by atoms with Crippen molar-refractivity contribution in [2.24, 2.45) is 11.8 Å². The summed E-state index contributed by atoms with van der Waals surface area (Å²) < 4.78 is 4.85. The minimum atomic E-state index is -0.837. The fourth-order valence-electron chi connectivity index (χ4n) is 2.10. The van der Waals surface area contributed by atoms with Crippen LogP contribution in [0.25, 0.3) is 0 Å². The lowest BCUT2D eigenvalue weighted by Crippen LogP contribution is -2.43. The second-order valence-electron chi connectivity index (χ2n) is 4.39. The lowest BCUT2D eigenvalue weighted by atomic mass is 10.0. The number of methoxy groups -OCH3 is 1. The van der Waals surface area contributed by atoms with Gasteiger partial charge in [-0.25, -0.2) is 0 Å². The maximum Gasteiger partial charge on any atom is 0.306 e. The molecule has 3 N–H and O–H groups in total. The van der Waals surface area contributed by atoms with Gasteiger partial charge in [0.1, 0.15) is 0 Å². The first-order chi connectivity index (χ1) is 8.08. The highest BCUT2D eigenvalue weighted by atomic mass is 16.5. The van der Waals surface area contributed by atoms with Crippen molar-refractivity contribution in [2.75, 3.05) is 20.3 Å². The largest absolute Gasteiger partial charge is 0.481 e. The van der Waals surface area contributed by atoms with Crippen LogP contribution in [0.5, 0.6) is 0 Å². The van der Waals surface area contributed by atoms with Crippen LogP contribution in [0.3, 0.4) is 0 Å². The van der Waals surface area contributed by atoms with E-state index in [0.717, 1.165) is 0 Å². The predicted molar refractivity (Wildman–Crippen MR) is 59.4 cm³/mol. The molecule has 3 unspecified atom stereocenters. The molecule has 0 aromatic rings. The molecule has 0 radical (unpaired) electrons. The summed E-state index contributed by atoms with van der Waals surface area (Å²) in [5.41, 5.74) is 0. The van der Waals surface area contributed by atoms with Gasteiger partial charge in [-0.15, -0.1) is 0 Å². The Morgan fingerprint density at radius 2 is 2.06 bits per heavy atom. The lowest BCUT2D eigenvalue weighted by Gasteiger charge is -2.18. The summed E-state index contributed by atoms with van der Waals surface area (Å²) in [6, 6.07) is -0.420. The summed E-state index contributed by atoms with van der Waals surface area (Å²) >= 11 is 0. The number of carboxylic acids is 1. The van der Waals surface area contributed by atoms with E-state index in [1.165, 1.54) is 7.11 Å². The van der Waals surface area contributed by atoms with Crippen molar-refractivity contribution < 1.29 is 24.5 Å². The third-order valence-electron chi connectivity index (χ3n) is 3.09. The highest BCUT2D eigenvalue weighted by Gasteiger charge is 2.34. The third-order valence-corrected chi connectivity index (χ3v) is 3.09. The highest BCUT2D eigenvalue weighted by molar-refractivity contribution is 5.81. The molecular formula is C11H19NO5. The number of hydrogen-bond acceptors (Lipinski definition) is 4. The van der Waals surface area contributed by atoms with Crippen LogP contribution in [0.2, 0.25) is 0 Å². The Morgan fingerprint density at radius 3 is 2.53 bits per heavy atom. The number of nitrogens with one attached hydrogen (secondary N) is 1. The maximum atomic E-state index is 11.8.